The number of hydrogen-bond acceptors (Lipinski definition) is 5. The number of carbonyl (C=O) groups is 1. The first kappa shape index (κ1) is 23.1. The second kappa shape index (κ2) is 9.71. The first-order valence-corrected chi connectivity index (χ1v) is 10.6. The van der Waals surface area contributed by atoms with Gasteiger partial charge in [0, 0.05) is 24.1 Å². The molecule has 164 valence electrons. The van der Waals surface area contributed by atoms with Crippen LogP contribution in [0.3, 0.4) is 0 Å². The molecule has 0 spiro atoms. The zero-order chi connectivity index (χ0) is 22.6. The van der Waals surface area contributed by atoms with Crippen LogP contribution in [0.2, 0.25) is 0 Å². The lowest BCUT2D eigenvalue weighted by Crippen LogP contribution is -2.29. The highest BCUT2D eigenvalue weighted by atomic mass is 35.5. The van der Waals surface area contributed by atoms with Crippen LogP contribution in [0.25, 0.3) is 0 Å². The lowest BCUT2D eigenvalue weighted by molar-refractivity contribution is -0.114. The van der Waals surface area contributed by atoms with Crippen molar-refractivity contribution in [2.45, 2.75) is 37.1 Å². The van der Waals surface area contributed by atoms with Crippen molar-refractivity contribution in [3.63, 3.8) is 0 Å². The summed E-state index contributed by atoms with van der Waals surface area (Å²) >= 11 is 12.4. The maximum atomic E-state index is 12.3. The molecule has 2 aromatic rings. The third-order valence-electron chi connectivity index (χ3n) is 5.23. The fraction of sp³-hybridized carbons (Fsp3) is 0.348. The maximum absolute atomic E-state index is 12.3. The summed E-state index contributed by atoms with van der Waals surface area (Å²) in [6.07, 6.45) is 0.749. The van der Waals surface area contributed by atoms with Crippen LogP contribution < -0.4 is 5.32 Å². The Kier molecular flexibility index (Phi) is 7.23. The van der Waals surface area contributed by atoms with E-state index in [2.05, 4.69) is 15.6 Å². The van der Waals surface area contributed by atoms with Crippen molar-refractivity contribution in [1.29, 1.82) is 0 Å². The van der Waals surface area contributed by atoms with Crippen LogP contribution in [-0.4, -0.2) is 35.8 Å². The minimum atomic E-state index is -0.673. The Morgan fingerprint density at radius 2 is 1.94 bits per heavy atom. The Bertz CT molecular complexity index is 1030. The van der Waals surface area contributed by atoms with Gasteiger partial charge in [0.15, 0.2) is 5.71 Å². The predicted octanol–water partition coefficient (Wildman–Crippen LogP) is 4.69. The van der Waals surface area contributed by atoms with E-state index in [0.717, 1.165) is 34.4 Å². The van der Waals surface area contributed by atoms with Gasteiger partial charge in [0.25, 0.3) is 5.91 Å². The molecule has 2 aromatic carbocycles. The number of hydrogen-bond donors (Lipinski definition) is 1. The number of nitrogens with zero attached hydrogens (tertiary/aromatic N) is 2. The Morgan fingerprint density at radius 1 is 1.23 bits per heavy atom. The monoisotopic (exact) mass is 461 g/mol. The molecule has 3 rings (SSSR count). The molecule has 1 aliphatic rings. The summed E-state index contributed by atoms with van der Waals surface area (Å²) in [5.41, 5.74) is 5.31. The minimum Gasteiger partial charge on any atom is -0.398 e. The van der Waals surface area contributed by atoms with E-state index in [9.17, 15) is 4.79 Å². The SMILES string of the molecule is CNC(=O)/C(=N/OC)c1cccc(C)c1CO/N=C(\C)c1cccc(C2CC2(Cl)Cl)c1. The molecule has 0 radical (unpaired) electrons. The van der Waals surface area contributed by atoms with Crippen molar-refractivity contribution in [2.24, 2.45) is 10.3 Å². The van der Waals surface area contributed by atoms with E-state index >= 15 is 0 Å². The van der Waals surface area contributed by atoms with Gasteiger partial charge in [0.05, 0.1) is 5.71 Å². The van der Waals surface area contributed by atoms with E-state index in [1.807, 2.05) is 50.2 Å². The number of alkyl halides is 2. The number of likely N-dealkylation sites (N-methyl/N-ethyl adjacent to an activating group) is 1. The number of rotatable bonds is 8. The first-order valence-electron chi connectivity index (χ1n) is 9.85. The molecule has 6 nitrogen and oxygen atoms in total. The second-order valence-corrected chi connectivity index (χ2v) is 8.94. The Balaban J connectivity index is 1.79. The van der Waals surface area contributed by atoms with Gasteiger partial charge in [-0.05, 0) is 43.0 Å². The van der Waals surface area contributed by atoms with E-state index in [1.165, 1.54) is 7.11 Å². The van der Waals surface area contributed by atoms with Crippen molar-refractivity contribution in [1.82, 2.24) is 5.32 Å². The molecule has 1 amide bonds. The fourth-order valence-corrected chi connectivity index (χ4v) is 3.90. The molecule has 1 atom stereocenters. The molecule has 0 heterocycles. The van der Waals surface area contributed by atoms with Crippen LogP contribution in [0.5, 0.6) is 0 Å². The number of carbonyl (C=O) groups excluding carboxylic acids is 1. The number of oxime groups is 2. The molecule has 0 bridgehead atoms. The highest BCUT2D eigenvalue weighted by Crippen LogP contribution is 2.59. The maximum Gasteiger partial charge on any atom is 0.273 e. The molecular weight excluding hydrogens is 437 g/mol. The van der Waals surface area contributed by atoms with E-state index < -0.39 is 4.33 Å². The van der Waals surface area contributed by atoms with Crippen LogP contribution >= 0.6 is 23.2 Å². The highest BCUT2D eigenvalue weighted by molar-refractivity contribution is 6.51. The topological polar surface area (TPSA) is 72.3 Å². The normalized spacial score (nSPS) is 17.8. The van der Waals surface area contributed by atoms with Gasteiger partial charge < -0.3 is 15.0 Å². The lowest BCUT2D eigenvalue weighted by Gasteiger charge is -2.13. The molecule has 1 saturated carbocycles. The molecule has 8 heteroatoms. The molecule has 0 aromatic heterocycles. The molecule has 1 aliphatic carbocycles. The minimum absolute atomic E-state index is 0.141. The average Bonchev–Trinajstić information content (AvgIpc) is 3.40. The predicted molar refractivity (Wildman–Crippen MR) is 124 cm³/mol. The van der Waals surface area contributed by atoms with Gasteiger partial charge in [-0.3, -0.25) is 4.79 Å². The van der Waals surface area contributed by atoms with Gasteiger partial charge in [-0.15, -0.1) is 23.2 Å². The molecular formula is C23H25Cl2N3O3. The van der Waals surface area contributed by atoms with E-state index in [4.69, 9.17) is 32.9 Å². The van der Waals surface area contributed by atoms with Crippen molar-refractivity contribution >= 4 is 40.5 Å². The van der Waals surface area contributed by atoms with Crippen LogP contribution in [0, 0.1) is 6.92 Å². The van der Waals surface area contributed by atoms with Gasteiger partial charge in [0.1, 0.15) is 18.1 Å². The van der Waals surface area contributed by atoms with E-state index in [1.54, 1.807) is 13.1 Å². The van der Waals surface area contributed by atoms with Crippen molar-refractivity contribution in [3.05, 3.63) is 70.3 Å². The number of amides is 1. The zero-order valence-electron chi connectivity index (χ0n) is 17.9. The summed E-state index contributed by atoms with van der Waals surface area (Å²) in [5, 5.41) is 10.8. The first-order chi connectivity index (χ1) is 14.8. The molecule has 1 N–H and O–H groups in total. The largest absolute Gasteiger partial charge is 0.398 e. The van der Waals surface area contributed by atoms with E-state index in [-0.39, 0.29) is 24.1 Å². The quantitative estimate of drug-likeness (QED) is 0.351. The summed E-state index contributed by atoms with van der Waals surface area (Å²) in [5.74, 6) is -0.206. The fourth-order valence-electron chi connectivity index (χ4n) is 3.34. The summed E-state index contributed by atoms with van der Waals surface area (Å²) in [6, 6.07) is 13.6. The Hall–Kier alpha value is -2.57. The summed E-state index contributed by atoms with van der Waals surface area (Å²) in [6.45, 7) is 3.99. The summed E-state index contributed by atoms with van der Waals surface area (Å²) < 4.78 is -0.673. The summed E-state index contributed by atoms with van der Waals surface area (Å²) in [7, 11) is 2.94. The smallest absolute Gasteiger partial charge is 0.273 e. The van der Waals surface area contributed by atoms with E-state index in [0.29, 0.717) is 5.56 Å². The van der Waals surface area contributed by atoms with Gasteiger partial charge in [-0.25, -0.2) is 0 Å². The van der Waals surface area contributed by atoms with Crippen molar-refractivity contribution in [2.75, 3.05) is 14.2 Å². The van der Waals surface area contributed by atoms with Crippen LogP contribution in [0.1, 0.15) is 47.1 Å². The number of halogens is 2. The van der Waals surface area contributed by atoms with Gasteiger partial charge in [-0.1, -0.05) is 46.7 Å². The van der Waals surface area contributed by atoms with Crippen LogP contribution in [0.4, 0.5) is 0 Å². The zero-order valence-corrected chi connectivity index (χ0v) is 19.4. The van der Waals surface area contributed by atoms with Crippen LogP contribution in [-0.2, 0) is 21.1 Å². The molecule has 1 fully saturated rings. The molecule has 31 heavy (non-hydrogen) atoms. The Labute approximate surface area is 192 Å². The average molecular weight is 462 g/mol. The van der Waals surface area contributed by atoms with Crippen molar-refractivity contribution < 1.29 is 14.5 Å². The number of aryl methyl sites for hydroxylation is 1. The van der Waals surface area contributed by atoms with Crippen LogP contribution in [0.15, 0.2) is 52.8 Å². The van der Waals surface area contributed by atoms with Gasteiger partial charge in [0.2, 0.25) is 0 Å². The van der Waals surface area contributed by atoms with Gasteiger partial charge >= 0.3 is 0 Å². The van der Waals surface area contributed by atoms with Crippen molar-refractivity contribution in [3.8, 4) is 0 Å². The molecule has 0 saturated heterocycles. The molecule has 0 aliphatic heterocycles. The number of benzene rings is 2. The van der Waals surface area contributed by atoms with Gasteiger partial charge in [-0.2, -0.15) is 0 Å². The standard InChI is InChI=1S/C23H25Cl2N3O3/c1-14-7-5-10-18(21(28-30-4)22(29)26-3)19(14)13-31-27-15(2)16-8-6-9-17(11-16)20-12-23(20,24)25/h5-11,20H,12-13H2,1-4H3,(H,26,29)/b27-15+,28-21+. The third kappa shape index (κ3) is 5.38. The molecule has 1 unspecified atom stereocenters. The Morgan fingerprint density at radius 3 is 2.58 bits per heavy atom. The summed E-state index contributed by atoms with van der Waals surface area (Å²) in [4.78, 5) is 22.8. The second-order valence-electron chi connectivity index (χ2n) is 7.40. The third-order valence-corrected chi connectivity index (χ3v) is 6.07. The number of nitrogens with one attached hydrogen (secondary N) is 1. The highest BCUT2D eigenvalue weighted by Gasteiger charge is 2.52. The lowest BCUT2D eigenvalue weighted by atomic mass is 9.98.